The molecule has 5 radical (unpaired) electrons. The van der Waals surface area contributed by atoms with Gasteiger partial charge < -0.3 is 5.11 Å². The minimum absolute atomic E-state index is 0. The van der Waals surface area contributed by atoms with Crippen LogP contribution in [0.15, 0.2) is 0 Å². The molecule has 0 unspecified atom stereocenters. The van der Waals surface area contributed by atoms with E-state index in [1.807, 2.05) is 0 Å². The van der Waals surface area contributed by atoms with E-state index in [0.29, 0.717) is 6.92 Å². The molecule has 0 atom stereocenters. The topological polar surface area (TPSA) is 20.2 Å². The van der Waals surface area contributed by atoms with Crippen molar-refractivity contribution in [1.82, 2.24) is 0 Å². The number of rotatable bonds is 1. The Bertz CT molecular complexity index is 157. The summed E-state index contributed by atoms with van der Waals surface area (Å²) in [5, 5.41) is 8.24. The second-order valence-corrected chi connectivity index (χ2v) is 2.21. The summed E-state index contributed by atoms with van der Waals surface area (Å²) in [7, 11) is 0. The molecule has 0 aliphatic rings. The summed E-state index contributed by atoms with van der Waals surface area (Å²) in [4.78, 5) is 0. The van der Waals surface area contributed by atoms with Crippen molar-refractivity contribution in [3.63, 3.8) is 0 Å². The smallest absolute Gasteiger partial charge is 0.374 e. The van der Waals surface area contributed by atoms with Crippen molar-refractivity contribution in [2.24, 2.45) is 0 Å². The number of hydrogen-bond donors (Lipinski definition) is 1. The van der Waals surface area contributed by atoms with E-state index in [-0.39, 0.29) is 164 Å². The van der Waals surface area contributed by atoms with Crippen molar-refractivity contribution in [3.05, 3.63) is 0 Å². The average Bonchev–Trinajstić information content (AvgIpc) is 1.81. The molecule has 0 amide bonds. The van der Waals surface area contributed by atoms with E-state index < -0.39 is 24.4 Å². The molecule has 0 aromatic rings. The molecule has 12 heteroatoms. The first-order valence-electron chi connectivity index (χ1n) is 2.92. The molecule has 0 aliphatic heterocycles. The summed E-state index contributed by atoms with van der Waals surface area (Å²) in [5.74, 6) is 0. The summed E-state index contributed by atoms with van der Waals surface area (Å²) in [6, 6.07) is 0. The van der Waals surface area contributed by atoms with Crippen molar-refractivity contribution in [1.29, 1.82) is 0 Å². The zero-order valence-electron chi connectivity index (χ0n) is 8.81. The van der Waals surface area contributed by atoms with Gasteiger partial charge >= 0.3 is 12.4 Å². The maximum Gasteiger partial charge on any atom is 0.426 e. The predicted molar refractivity (Wildman–Crippen MR) is 27.4 cm³/mol. The first-order chi connectivity index (χ1) is 5.06. The van der Waals surface area contributed by atoms with E-state index in [1.54, 1.807) is 0 Å². The van der Waals surface area contributed by atoms with Crippen molar-refractivity contribution >= 4 is 0 Å². The summed E-state index contributed by atoms with van der Waals surface area (Å²) in [6.07, 6.45) is -12.8. The molecular formula is C5H6F6OY5. The van der Waals surface area contributed by atoms with Crippen LogP contribution in [0.3, 0.4) is 0 Å². The normalized spacial score (nSPS) is 10.6. The van der Waals surface area contributed by atoms with Gasteiger partial charge in [-0.2, -0.15) is 26.3 Å². The molecule has 0 aromatic carbocycles. The fourth-order valence-electron chi connectivity index (χ4n) is 0.562. The second-order valence-electron chi connectivity index (χ2n) is 2.21. The third kappa shape index (κ3) is 11.3. The molecule has 0 aliphatic carbocycles. The third-order valence-corrected chi connectivity index (χ3v) is 1.45. The van der Waals surface area contributed by atoms with Crippen LogP contribution in [-0.4, -0.2) is 23.1 Å². The molecule has 0 bridgehead atoms. The molecule has 1 N–H and O–H groups in total. The largest absolute Gasteiger partial charge is 0.426 e. The number of hydrogen-bond acceptors (Lipinski definition) is 1. The number of alkyl halides is 6. The van der Waals surface area contributed by atoms with Crippen LogP contribution in [0, 0.1) is 0 Å². The van der Waals surface area contributed by atoms with Gasteiger partial charge in [-0.1, -0.05) is 6.92 Å². The Morgan fingerprint density at radius 3 is 0.882 bits per heavy atom. The van der Waals surface area contributed by atoms with Gasteiger partial charge in [-0.3, -0.25) is 0 Å². The summed E-state index contributed by atoms with van der Waals surface area (Å²) in [5.41, 5.74) is -4.58. The van der Waals surface area contributed by atoms with Crippen LogP contribution in [-0.2, 0) is 164 Å². The zero-order chi connectivity index (χ0) is 10.2. The Hall–Kier alpha value is 5.06. The fourth-order valence-corrected chi connectivity index (χ4v) is 0.562. The quantitative estimate of drug-likeness (QED) is 0.437. The predicted octanol–water partition coefficient (Wildman–Crippen LogP) is 2.24. The Morgan fingerprint density at radius 2 is 0.882 bits per heavy atom. The number of aliphatic hydroxyl groups is 1. The Kier molecular flexibility index (Phi) is 32.7. The first kappa shape index (κ1) is 37.9. The SMILES string of the molecule is CCC(O)(C(F)(F)F)C(F)(F)F.[Y].[Y].[Y].[Y].[Y]. The maximum absolute atomic E-state index is 11.6. The van der Waals surface area contributed by atoms with E-state index in [0.717, 1.165) is 0 Å². The zero-order valence-corrected chi connectivity index (χ0v) is 23.0. The Balaban J connectivity index is -0.0000000605. The van der Waals surface area contributed by atoms with Crippen LogP contribution < -0.4 is 0 Å². The summed E-state index contributed by atoms with van der Waals surface area (Å²) < 4.78 is 69.8. The molecule has 17 heavy (non-hydrogen) atoms. The van der Waals surface area contributed by atoms with Crippen LogP contribution >= 0.6 is 0 Å². The Morgan fingerprint density at radius 1 is 0.706 bits per heavy atom. The van der Waals surface area contributed by atoms with Crippen molar-refractivity contribution in [2.75, 3.05) is 0 Å². The third-order valence-electron chi connectivity index (χ3n) is 1.45. The minimum atomic E-state index is -5.68. The molecule has 89 valence electrons. The van der Waals surface area contributed by atoms with Gasteiger partial charge in [0.15, 0.2) is 0 Å². The molecule has 0 fully saturated rings. The molecule has 0 rings (SSSR count). The van der Waals surface area contributed by atoms with Gasteiger partial charge in [0.2, 0.25) is 0 Å². The van der Waals surface area contributed by atoms with E-state index >= 15 is 0 Å². The van der Waals surface area contributed by atoms with Gasteiger partial charge in [0.05, 0.1) is 0 Å². The average molecular weight is 641 g/mol. The standard InChI is InChI=1S/C5H6F6O.5Y/c1-2-3(12,4(6,7)8)5(9,10)11;;;;;/h12H,2H2,1H3;;;;;. The fraction of sp³-hybridized carbons (Fsp3) is 1.00. The molecule has 0 aromatic heterocycles. The van der Waals surface area contributed by atoms with Gasteiger partial charge in [-0.25, -0.2) is 0 Å². The van der Waals surface area contributed by atoms with Crippen LogP contribution in [0.5, 0.6) is 0 Å². The second kappa shape index (κ2) is 14.6. The summed E-state index contributed by atoms with van der Waals surface area (Å²) in [6.45, 7) is 0.612. The van der Waals surface area contributed by atoms with Crippen molar-refractivity contribution < 1.29 is 195 Å². The van der Waals surface area contributed by atoms with Crippen molar-refractivity contribution in [3.8, 4) is 0 Å². The molecule has 0 spiro atoms. The first-order valence-corrected chi connectivity index (χ1v) is 2.92. The van der Waals surface area contributed by atoms with Gasteiger partial charge in [-0.15, -0.1) is 0 Å². The molecule has 0 saturated heterocycles. The van der Waals surface area contributed by atoms with E-state index in [9.17, 15) is 26.3 Å². The van der Waals surface area contributed by atoms with E-state index in [4.69, 9.17) is 5.11 Å². The van der Waals surface area contributed by atoms with Crippen LogP contribution in [0.25, 0.3) is 0 Å². The van der Waals surface area contributed by atoms with Crippen LogP contribution in [0.2, 0.25) is 0 Å². The summed E-state index contributed by atoms with van der Waals surface area (Å²) >= 11 is 0. The monoisotopic (exact) mass is 641 g/mol. The van der Waals surface area contributed by atoms with E-state index in [2.05, 4.69) is 0 Å². The molecule has 0 saturated carbocycles. The van der Waals surface area contributed by atoms with E-state index in [1.165, 1.54) is 0 Å². The van der Waals surface area contributed by atoms with Gasteiger partial charge in [0.25, 0.3) is 5.60 Å². The van der Waals surface area contributed by atoms with Crippen molar-refractivity contribution in [2.45, 2.75) is 31.3 Å². The van der Waals surface area contributed by atoms with Crippen LogP contribution in [0.4, 0.5) is 26.3 Å². The molecule has 1 nitrogen and oxygen atoms in total. The van der Waals surface area contributed by atoms with Gasteiger partial charge in [0.1, 0.15) is 0 Å². The minimum Gasteiger partial charge on any atom is -0.374 e. The van der Waals surface area contributed by atoms with Gasteiger partial charge in [0, 0.05) is 164 Å². The Labute approximate surface area is 221 Å². The molecule has 0 heterocycles. The van der Waals surface area contributed by atoms with Crippen LogP contribution in [0.1, 0.15) is 13.3 Å². The maximum atomic E-state index is 11.6. The number of halogens is 6. The molecular weight excluding hydrogens is 635 g/mol. The van der Waals surface area contributed by atoms with Gasteiger partial charge in [-0.05, 0) is 6.42 Å².